The van der Waals surface area contributed by atoms with Gasteiger partial charge in [0.1, 0.15) is 9.84 Å². The third-order valence-corrected chi connectivity index (χ3v) is 2.83. The number of sulfone groups is 1. The molecule has 0 fully saturated rings. The zero-order valence-corrected chi connectivity index (χ0v) is 9.31. The largest absolute Gasteiger partial charge is 0.330 e. The molecule has 0 spiro atoms. The van der Waals surface area contributed by atoms with Gasteiger partial charge in [-0.05, 0) is 39.5 Å². The van der Waals surface area contributed by atoms with Crippen molar-refractivity contribution in [3.63, 3.8) is 0 Å². The van der Waals surface area contributed by atoms with Crippen LogP contribution in [-0.2, 0) is 9.84 Å². The molecular weight excluding hydrogens is 188 g/mol. The van der Waals surface area contributed by atoms with Gasteiger partial charge < -0.3 is 10.6 Å². The fourth-order valence-corrected chi connectivity index (χ4v) is 1.72. The maximum absolute atomic E-state index is 10.8. The van der Waals surface area contributed by atoms with Crippen molar-refractivity contribution in [3.8, 4) is 0 Å². The van der Waals surface area contributed by atoms with E-state index in [0.717, 1.165) is 19.5 Å². The summed E-state index contributed by atoms with van der Waals surface area (Å²) in [6, 6.07) is 0. The van der Waals surface area contributed by atoms with E-state index in [-0.39, 0.29) is 5.75 Å². The second-order valence-corrected chi connectivity index (χ2v) is 5.69. The summed E-state index contributed by atoms with van der Waals surface area (Å²) in [5.74, 6) is 0.278. The van der Waals surface area contributed by atoms with Crippen LogP contribution in [0.2, 0.25) is 0 Å². The number of hydrogen-bond acceptors (Lipinski definition) is 4. The van der Waals surface area contributed by atoms with E-state index >= 15 is 0 Å². The molecule has 13 heavy (non-hydrogen) atoms. The average Bonchev–Trinajstić information content (AvgIpc) is 1.98. The first-order chi connectivity index (χ1) is 5.95. The summed E-state index contributed by atoms with van der Waals surface area (Å²) in [6.07, 6.45) is 2.95. The van der Waals surface area contributed by atoms with E-state index in [1.54, 1.807) is 0 Å². The first-order valence-corrected chi connectivity index (χ1v) is 6.58. The normalized spacial score (nSPS) is 12.3. The Morgan fingerprint density at radius 3 is 2.23 bits per heavy atom. The number of nitrogens with two attached hydrogens (primary N) is 1. The highest BCUT2D eigenvalue weighted by Gasteiger charge is 2.03. The van der Waals surface area contributed by atoms with Gasteiger partial charge >= 0.3 is 0 Å². The van der Waals surface area contributed by atoms with E-state index in [4.69, 9.17) is 5.73 Å². The van der Waals surface area contributed by atoms with Crippen LogP contribution in [0.3, 0.4) is 0 Å². The Hall–Kier alpha value is -0.130. The van der Waals surface area contributed by atoms with Gasteiger partial charge in [0.25, 0.3) is 0 Å². The van der Waals surface area contributed by atoms with Crippen LogP contribution in [0.15, 0.2) is 0 Å². The summed E-state index contributed by atoms with van der Waals surface area (Å²) >= 11 is 0. The molecule has 80 valence electrons. The Morgan fingerprint density at radius 1 is 1.23 bits per heavy atom. The van der Waals surface area contributed by atoms with Gasteiger partial charge in [-0.2, -0.15) is 0 Å². The molecule has 0 atom stereocenters. The van der Waals surface area contributed by atoms with Crippen LogP contribution in [-0.4, -0.2) is 52.0 Å². The maximum atomic E-state index is 10.8. The minimum Gasteiger partial charge on any atom is -0.330 e. The molecule has 0 saturated carbocycles. The molecule has 0 heterocycles. The molecule has 0 aliphatic heterocycles. The van der Waals surface area contributed by atoms with Gasteiger partial charge in [0.15, 0.2) is 0 Å². The van der Waals surface area contributed by atoms with Crippen LogP contribution in [0.4, 0.5) is 0 Å². The van der Waals surface area contributed by atoms with Crippen LogP contribution in [0.1, 0.15) is 12.8 Å². The lowest BCUT2D eigenvalue weighted by Gasteiger charge is -2.15. The number of rotatable bonds is 7. The van der Waals surface area contributed by atoms with Crippen LogP contribution >= 0.6 is 0 Å². The van der Waals surface area contributed by atoms with Gasteiger partial charge in [-0.3, -0.25) is 0 Å². The highest BCUT2D eigenvalue weighted by atomic mass is 32.2. The quantitative estimate of drug-likeness (QED) is 0.624. The molecule has 0 rings (SSSR count). The van der Waals surface area contributed by atoms with Crippen molar-refractivity contribution in [1.82, 2.24) is 4.90 Å². The average molecular weight is 208 g/mol. The SMILES string of the molecule is CN(CCCN)CCCS(C)(=O)=O. The molecule has 0 amide bonds. The van der Waals surface area contributed by atoms with Gasteiger partial charge in [0.2, 0.25) is 0 Å². The fraction of sp³-hybridized carbons (Fsp3) is 1.00. The molecular formula is C8H20N2O2S. The molecule has 2 N–H and O–H groups in total. The van der Waals surface area contributed by atoms with E-state index < -0.39 is 9.84 Å². The van der Waals surface area contributed by atoms with Crippen molar-refractivity contribution in [2.45, 2.75) is 12.8 Å². The first-order valence-electron chi connectivity index (χ1n) is 4.52. The number of nitrogens with zero attached hydrogens (tertiary/aromatic N) is 1. The van der Waals surface area contributed by atoms with E-state index in [9.17, 15) is 8.42 Å². The predicted molar refractivity (Wildman–Crippen MR) is 55.5 cm³/mol. The smallest absolute Gasteiger partial charge is 0.147 e. The van der Waals surface area contributed by atoms with Gasteiger partial charge in [-0.15, -0.1) is 0 Å². The van der Waals surface area contributed by atoms with Crippen LogP contribution in [0.5, 0.6) is 0 Å². The van der Waals surface area contributed by atoms with Crippen LogP contribution < -0.4 is 5.73 Å². The summed E-state index contributed by atoms with van der Waals surface area (Å²) in [5.41, 5.74) is 5.35. The zero-order valence-electron chi connectivity index (χ0n) is 8.49. The fourth-order valence-electron chi connectivity index (χ4n) is 1.07. The Bertz CT molecular complexity index is 214. The molecule has 0 unspecified atom stereocenters. The zero-order chi connectivity index (χ0) is 10.3. The second kappa shape index (κ2) is 6.34. The summed E-state index contributed by atoms with van der Waals surface area (Å²) in [5, 5.41) is 0. The molecule has 0 aromatic heterocycles. The molecule has 0 bridgehead atoms. The van der Waals surface area contributed by atoms with Gasteiger partial charge in [0.05, 0.1) is 5.75 Å². The lowest BCUT2D eigenvalue weighted by molar-refractivity contribution is 0.332. The molecule has 0 saturated heterocycles. The number of hydrogen-bond donors (Lipinski definition) is 1. The highest BCUT2D eigenvalue weighted by Crippen LogP contribution is 1.93. The molecule has 0 radical (unpaired) electrons. The van der Waals surface area contributed by atoms with Crippen molar-refractivity contribution < 1.29 is 8.42 Å². The lowest BCUT2D eigenvalue weighted by Crippen LogP contribution is -2.24. The van der Waals surface area contributed by atoms with Gasteiger partial charge in [-0.1, -0.05) is 0 Å². The summed E-state index contributed by atoms with van der Waals surface area (Å²) in [6.45, 7) is 2.46. The minimum atomic E-state index is -2.79. The van der Waals surface area contributed by atoms with Crippen molar-refractivity contribution in [2.24, 2.45) is 5.73 Å². The molecule has 0 aliphatic carbocycles. The van der Waals surface area contributed by atoms with Gasteiger partial charge in [0, 0.05) is 6.26 Å². The lowest BCUT2D eigenvalue weighted by atomic mass is 10.3. The standard InChI is InChI=1S/C8H20N2O2S/c1-10(6-3-5-9)7-4-8-13(2,11)12/h3-9H2,1-2H3. The molecule has 4 nitrogen and oxygen atoms in total. The van der Waals surface area contributed by atoms with Crippen molar-refractivity contribution in [3.05, 3.63) is 0 Å². The van der Waals surface area contributed by atoms with Crippen LogP contribution in [0, 0.1) is 0 Å². The molecule has 0 aromatic rings. The van der Waals surface area contributed by atoms with E-state index in [1.807, 2.05) is 7.05 Å². The summed E-state index contributed by atoms with van der Waals surface area (Å²) in [7, 11) is -0.808. The van der Waals surface area contributed by atoms with Gasteiger partial charge in [-0.25, -0.2) is 8.42 Å². The Morgan fingerprint density at radius 2 is 1.77 bits per heavy atom. The van der Waals surface area contributed by atoms with Crippen molar-refractivity contribution in [1.29, 1.82) is 0 Å². The van der Waals surface area contributed by atoms with E-state index in [2.05, 4.69) is 4.90 Å². The van der Waals surface area contributed by atoms with Crippen LogP contribution in [0.25, 0.3) is 0 Å². The summed E-state index contributed by atoms with van der Waals surface area (Å²) < 4.78 is 21.6. The third-order valence-electron chi connectivity index (χ3n) is 1.80. The van der Waals surface area contributed by atoms with E-state index in [1.165, 1.54) is 6.26 Å². The molecule has 0 aromatic carbocycles. The Balaban J connectivity index is 3.42. The van der Waals surface area contributed by atoms with Crippen molar-refractivity contribution in [2.75, 3.05) is 38.7 Å². The molecule has 0 aliphatic rings. The third kappa shape index (κ3) is 9.79. The highest BCUT2D eigenvalue weighted by molar-refractivity contribution is 7.90. The molecule has 5 heteroatoms. The Kier molecular flexibility index (Phi) is 6.28. The summed E-state index contributed by atoms with van der Waals surface area (Å²) in [4.78, 5) is 2.11. The topological polar surface area (TPSA) is 63.4 Å². The maximum Gasteiger partial charge on any atom is 0.147 e. The Labute approximate surface area is 81.0 Å². The monoisotopic (exact) mass is 208 g/mol. The second-order valence-electron chi connectivity index (χ2n) is 3.43. The minimum absolute atomic E-state index is 0.278. The van der Waals surface area contributed by atoms with Crippen molar-refractivity contribution >= 4 is 9.84 Å². The predicted octanol–water partition coefficient (Wildman–Crippen LogP) is -0.298. The van der Waals surface area contributed by atoms with E-state index in [0.29, 0.717) is 13.0 Å². The first kappa shape index (κ1) is 12.9.